The number of amidine groups is 1. The van der Waals surface area contributed by atoms with Gasteiger partial charge in [0, 0.05) is 0 Å². The maximum Gasteiger partial charge on any atom is 0.117 e. The van der Waals surface area contributed by atoms with Gasteiger partial charge in [-0.1, -0.05) is 0 Å². The van der Waals surface area contributed by atoms with Gasteiger partial charge in [0.15, 0.2) is 0 Å². The van der Waals surface area contributed by atoms with E-state index >= 15 is 0 Å². The number of ether oxygens (including phenoxy) is 1. The minimum absolute atomic E-state index is 0.0821. The van der Waals surface area contributed by atoms with Crippen molar-refractivity contribution in [3.05, 3.63) is 0 Å². The summed E-state index contributed by atoms with van der Waals surface area (Å²) in [6.45, 7) is 4.06. The summed E-state index contributed by atoms with van der Waals surface area (Å²) in [5.41, 5.74) is 5.00. The summed E-state index contributed by atoms with van der Waals surface area (Å²) in [4.78, 5) is 0. The van der Waals surface area contributed by atoms with Gasteiger partial charge >= 0.3 is 0 Å². The van der Waals surface area contributed by atoms with Crippen molar-refractivity contribution in [3.8, 4) is 0 Å². The van der Waals surface area contributed by atoms with E-state index in [0.29, 0.717) is 0 Å². The van der Waals surface area contributed by atoms with Crippen LogP contribution in [-0.2, 0) is 4.74 Å². The van der Waals surface area contributed by atoms with E-state index in [4.69, 9.17) is 15.9 Å². The average molecular weight is 116 g/mol. The molecule has 0 saturated heterocycles. The maximum atomic E-state index is 6.74. The molecule has 0 aliphatic rings. The van der Waals surface area contributed by atoms with Gasteiger partial charge in [0.1, 0.15) is 12.4 Å². The number of hydrogen-bond donors (Lipinski definition) is 2. The Morgan fingerprint density at radius 1 is 1.75 bits per heavy atom. The van der Waals surface area contributed by atoms with Crippen LogP contribution in [0.5, 0.6) is 0 Å². The summed E-state index contributed by atoms with van der Waals surface area (Å²) in [6, 6.07) is 0. The molecule has 0 fully saturated rings. The fourth-order valence-electron chi connectivity index (χ4n) is 0.256. The van der Waals surface area contributed by atoms with E-state index < -0.39 is 0 Å². The first-order valence-corrected chi connectivity index (χ1v) is 2.57. The Labute approximate surface area is 49.3 Å². The van der Waals surface area contributed by atoms with Crippen molar-refractivity contribution in [1.82, 2.24) is 0 Å². The Hall–Kier alpha value is -0.570. The highest BCUT2D eigenvalue weighted by Crippen LogP contribution is 1.84. The van der Waals surface area contributed by atoms with Crippen molar-refractivity contribution in [2.75, 3.05) is 6.61 Å². The molecule has 0 aromatic heterocycles. The molecule has 8 heavy (non-hydrogen) atoms. The Balaban J connectivity index is 3.05. The highest BCUT2D eigenvalue weighted by atomic mass is 16.5. The molecule has 0 spiro atoms. The third-order valence-electron chi connectivity index (χ3n) is 0.572. The zero-order chi connectivity index (χ0) is 6.57. The predicted molar refractivity (Wildman–Crippen MR) is 33.0 cm³/mol. The molecule has 0 aromatic carbocycles. The van der Waals surface area contributed by atoms with E-state index in [1.807, 2.05) is 13.8 Å². The van der Waals surface area contributed by atoms with Crippen molar-refractivity contribution in [2.45, 2.75) is 20.0 Å². The smallest absolute Gasteiger partial charge is 0.117 e. The van der Waals surface area contributed by atoms with Crippen molar-refractivity contribution in [3.63, 3.8) is 0 Å². The highest BCUT2D eigenvalue weighted by molar-refractivity contribution is 5.78. The standard InChI is InChI=1S/C5H12N2O/c1-4(2)8-3-5(6)7/h4H,3H2,1-2H3,(H3,6,7). The first-order valence-electron chi connectivity index (χ1n) is 2.57. The summed E-state index contributed by atoms with van der Waals surface area (Å²) in [5.74, 6) is 0.0821. The summed E-state index contributed by atoms with van der Waals surface area (Å²) < 4.78 is 4.95. The van der Waals surface area contributed by atoms with Gasteiger partial charge in [0.25, 0.3) is 0 Å². The zero-order valence-corrected chi connectivity index (χ0v) is 5.27. The topological polar surface area (TPSA) is 59.1 Å². The molecule has 0 atom stereocenters. The summed E-state index contributed by atoms with van der Waals surface area (Å²) in [7, 11) is 0. The van der Waals surface area contributed by atoms with E-state index in [0.717, 1.165) is 0 Å². The second-order valence-corrected chi connectivity index (χ2v) is 1.88. The SMILES string of the molecule is CC(C)OCC(=N)N. The molecule has 0 radical (unpaired) electrons. The number of nitrogens with one attached hydrogen (secondary N) is 1. The van der Waals surface area contributed by atoms with Crippen LogP contribution in [0.3, 0.4) is 0 Å². The van der Waals surface area contributed by atoms with Crippen LogP contribution in [0.25, 0.3) is 0 Å². The van der Waals surface area contributed by atoms with E-state index in [2.05, 4.69) is 0 Å². The fourth-order valence-corrected chi connectivity index (χ4v) is 0.256. The highest BCUT2D eigenvalue weighted by Gasteiger charge is 1.92. The van der Waals surface area contributed by atoms with Crippen molar-refractivity contribution in [1.29, 1.82) is 5.41 Å². The number of rotatable bonds is 3. The minimum Gasteiger partial charge on any atom is -0.386 e. The van der Waals surface area contributed by atoms with Gasteiger partial charge in [-0.05, 0) is 13.8 Å². The van der Waals surface area contributed by atoms with Gasteiger partial charge in [-0.15, -0.1) is 0 Å². The molecule has 0 unspecified atom stereocenters. The number of nitrogens with two attached hydrogens (primary N) is 1. The normalized spacial score (nSPS) is 9.88. The Morgan fingerprint density at radius 2 is 2.25 bits per heavy atom. The third-order valence-corrected chi connectivity index (χ3v) is 0.572. The lowest BCUT2D eigenvalue weighted by Gasteiger charge is -2.03. The zero-order valence-electron chi connectivity index (χ0n) is 5.27. The molecule has 3 nitrogen and oxygen atoms in total. The fraction of sp³-hybridized carbons (Fsp3) is 0.800. The lowest BCUT2D eigenvalue weighted by molar-refractivity contribution is 0.110. The van der Waals surface area contributed by atoms with Crippen molar-refractivity contribution < 1.29 is 4.74 Å². The summed E-state index contributed by atoms with van der Waals surface area (Å²) >= 11 is 0. The molecule has 48 valence electrons. The molecule has 0 amide bonds. The van der Waals surface area contributed by atoms with Crippen LogP contribution >= 0.6 is 0 Å². The monoisotopic (exact) mass is 116 g/mol. The Morgan fingerprint density at radius 3 is 2.38 bits per heavy atom. The second kappa shape index (κ2) is 3.43. The average Bonchev–Trinajstić information content (AvgIpc) is 1.61. The lowest BCUT2D eigenvalue weighted by Crippen LogP contribution is -2.19. The first-order chi connectivity index (χ1) is 3.63. The van der Waals surface area contributed by atoms with E-state index in [1.54, 1.807) is 0 Å². The van der Waals surface area contributed by atoms with Crippen LogP contribution in [0.4, 0.5) is 0 Å². The summed E-state index contributed by atoms with van der Waals surface area (Å²) in [6.07, 6.45) is 0.166. The lowest BCUT2D eigenvalue weighted by atomic mass is 10.5. The molecule has 0 saturated carbocycles. The van der Waals surface area contributed by atoms with Crippen LogP contribution in [0.1, 0.15) is 13.8 Å². The van der Waals surface area contributed by atoms with Gasteiger partial charge in [-0.2, -0.15) is 0 Å². The molecule has 0 bridgehead atoms. The van der Waals surface area contributed by atoms with Crippen LogP contribution in [0, 0.1) is 5.41 Å². The quantitative estimate of drug-likeness (QED) is 0.413. The molecule has 3 heteroatoms. The van der Waals surface area contributed by atoms with Crippen LogP contribution in [0.2, 0.25) is 0 Å². The first kappa shape index (κ1) is 7.43. The van der Waals surface area contributed by atoms with Crippen LogP contribution in [-0.4, -0.2) is 18.5 Å². The van der Waals surface area contributed by atoms with Gasteiger partial charge in [-0.3, -0.25) is 5.41 Å². The molecule has 0 rings (SSSR count). The molecule has 3 N–H and O–H groups in total. The maximum absolute atomic E-state index is 6.74. The largest absolute Gasteiger partial charge is 0.386 e. The molecule has 0 aliphatic carbocycles. The minimum atomic E-state index is 0.0821. The Bertz CT molecular complexity index is 80.5. The third kappa shape index (κ3) is 5.43. The molecule has 0 heterocycles. The Kier molecular flexibility index (Phi) is 3.19. The van der Waals surface area contributed by atoms with Crippen LogP contribution in [0.15, 0.2) is 0 Å². The van der Waals surface area contributed by atoms with Gasteiger partial charge < -0.3 is 10.5 Å². The van der Waals surface area contributed by atoms with Gasteiger partial charge in [0.05, 0.1) is 6.10 Å². The molecule has 0 aliphatic heterocycles. The second-order valence-electron chi connectivity index (χ2n) is 1.88. The number of hydrogen-bond acceptors (Lipinski definition) is 2. The van der Waals surface area contributed by atoms with Gasteiger partial charge in [-0.25, -0.2) is 0 Å². The van der Waals surface area contributed by atoms with E-state index in [9.17, 15) is 0 Å². The van der Waals surface area contributed by atoms with Gasteiger partial charge in [0.2, 0.25) is 0 Å². The molecular weight excluding hydrogens is 104 g/mol. The van der Waals surface area contributed by atoms with E-state index in [-0.39, 0.29) is 18.5 Å². The molecule has 0 aromatic rings. The summed E-state index contributed by atoms with van der Waals surface area (Å²) in [5, 5.41) is 6.74. The van der Waals surface area contributed by atoms with Crippen LogP contribution < -0.4 is 5.73 Å². The van der Waals surface area contributed by atoms with Crippen molar-refractivity contribution >= 4 is 5.84 Å². The van der Waals surface area contributed by atoms with Crippen molar-refractivity contribution in [2.24, 2.45) is 5.73 Å². The predicted octanol–water partition coefficient (Wildman–Crippen LogP) is 0.347. The van der Waals surface area contributed by atoms with E-state index in [1.165, 1.54) is 0 Å². The molecular formula is C5H12N2O.